The van der Waals surface area contributed by atoms with E-state index in [1.165, 1.54) is 132 Å². The average molecular weight is 795 g/mol. The van der Waals surface area contributed by atoms with Crippen LogP contribution in [0, 0.1) is 0 Å². The first-order valence-electron chi connectivity index (χ1n) is 22.1. The smallest absolute Gasteiger partial charge is 0.0619 e. The van der Waals surface area contributed by atoms with Crippen LogP contribution in [0.1, 0.15) is 22.3 Å². The van der Waals surface area contributed by atoms with Crippen molar-refractivity contribution in [1.82, 2.24) is 0 Å². The summed E-state index contributed by atoms with van der Waals surface area (Å²) >= 11 is 0. The molecule has 14 rings (SSSR count). The van der Waals surface area contributed by atoms with Gasteiger partial charge in [-0.2, -0.15) is 0 Å². The summed E-state index contributed by atoms with van der Waals surface area (Å²) in [4.78, 5) is 0. The molecular weight excluding hydrogens is 757 g/mol. The van der Waals surface area contributed by atoms with Gasteiger partial charge in [0.15, 0.2) is 0 Å². The highest BCUT2D eigenvalue weighted by Gasteiger charge is 2.52. The summed E-state index contributed by atoms with van der Waals surface area (Å²) in [5.74, 6) is 0. The van der Waals surface area contributed by atoms with Crippen LogP contribution in [0.25, 0.3) is 109 Å². The fourth-order valence-electron chi connectivity index (χ4n) is 11.9. The van der Waals surface area contributed by atoms with Gasteiger partial charge in [0.25, 0.3) is 0 Å². The second-order valence-electron chi connectivity index (χ2n) is 17.4. The van der Waals surface area contributed by atoms with Gasteiger partial charge in [-0.3, -0.25) is 0 Å². The molecule has 0 N–H and O–H groups in total. The molecule has 0 bridgehead atoms. The van der Waals surface area contributed by atoms with Crippen molar-refractivity contribution >= 4 is 53.9 Å². The zero-order valence-electron chi connectivity index (χ0n) is 34.4. The molecule has 0 unspecified atom stereocenters. The molecule has 0 radical (unpaired) electrons. The van der Waals surface area contributed by atoms with E-state index in [0.29, 0.717) is 0 Å². The minimum absolute atomic E-state index is 0.469. The fourth-order valence-corrected chi connectivity index (χ4v) is 11.9. The Labute approximate surface area is 366 Å². The molecule has 0 heteroatoms. The number of rotatable bonds is 3. The Kier molecular flexibility index (Phi) is 7.13. The molecule has 2 aliphatic rings. The van der Waals surface area contributed by atoms with Crippen molar-refractivity contribution in [2.75, 3.05) is 0 Å². The zero-order valence-corrected chi connectivity index (χ0v) is 34.4. The highest BCUT2D eigenvalue weighted by atomic mass is 14.5. The van der Waals surface area contributed by atoms with Gasteiger partial charge in [0.2, 0.25) is 0 Å². The van der Waals surface area contributed by atoms with Crippen LogP contribution >= 0.6 is 0 Å². The molecule has 12 aromatic rings. The van der Waals surface area contributed by atoms with Crippen LogP contribution in [0.5, 0.6) is 0 Å². The largest absolute Gasteiger partial charge is 0.0726 e. The van der Waals surface area contributed by atoms with E-state index in [-0.39, 0.29) is 0 Å². The van der Waals surface area contributed by atoms with E-state index in [2.05, 4.69) is 231 Å². The first-order valence-corrected chi connectivity index (χ1v) is 22.1. The lowest BCUT2D eigenvalue weighted by molar-refractivity contribution is 0.795. The van der Waals surface area contributed by atoms with Gasteiger partial charge >= 0.3 is 0 Å². The number of fused-ring (bicyclic) bond motifs is 17. The molecule has 2 aliphatic carbocycles. The normalized spacial score (nSPS) is 13.2. The molecule has 290 valence electrons. The molecular formula is C63H38. The predicted molar refractivity (Wildman–Crippen MR) is 267 cm³/mol. The average Bonchev–Trinajstić information content (AvgIpc) is 3.83. The zero-order chi connectivity index (χ0) is 41.2. The fraction of sp³-hybridized carbons (Fsp3) is 0.0159. The van der Waals surface area contributed by atoms with Gasteiger partial charge in [0, 0.05) is 0 Å². The minimum Gasteiger partial charge on any atom is -0.0619 e. The SMILES string of the molecule is c1cc(-c2cc3c(c4ccccc24)-c2c(ccc4ccccc24)C32c3ccccc3-c3ccccc32)cc(-c2c3ccccc3c(-c3ccc4ccccc4c3)c3ccccc23)c1. The van der Waals surface area contributed by atoms with Gasteiger partial charge < -0.3 is 0 Å². The molecule has 0 nitrogen and oxygen atoms in total. The molecule has 63 heavy (non-hydrogen) atoms. The van der Waals surface area contributed by atoms with E-state index >= 15 is 0 Å². The van der Waals surface area contributed by atoms with E-state index in [4.69, 9.17) is 0 Å². The summed E-state index contributed by atoms with van der Waals surface area (Å²) in [6, 6.07) is 86.7. The predicted octanol–water partition coefficient (Wildman–Crippen LogP) is 16.8. The minimum atomic E-state index is -0.469. The van der Waals surface area contributed by atoms with Gasteiger partial charge in [0.1, 0.15) is 0 Å². The van der Waals surface area contributed by atoms with Crippen LogP contribution in [0.2, 0.25) is 0 Å². The van der Waals surface area contributed by atoms with Crippen LogP contribution in [-0.2, 0) is 5.41 Å². The molecule has 1 spiro atoms. The second-order valence-corrected chi connectivity index (χ2v) is 17.4. The number of hydrogen-bond donors (Lipinski definition) is 0. The summed E-state index contributed by atoms with van der Waals surface area (Å²) in [7, 11) is 0. The highest BCUT2D eigenvalue weighted by Crippen LogP contribution is 2.65. The summed E-state index contributed by atoms with van der Waals surface area (Å²) < 4.78 is 0. The van der Waals surface area contributed by atoms with Gasteiger partial charge in [-0.25, -0.2) is 0 Å². The molecule has 0 atom stereocenters. The number of hydrogen-bond acceptors (Lipinski definition) is 0. The van der Waals surface area contributed by atoms with Crippen LogP contribution in [-0.4, -0.2) is 0 Å². The maximum Gasteiger partial charge on any atom is 0.0726 e. The molecule has 0 aromatic heterocycles. The molecule has 0 amide bonds. The molecule has 0 aliphatic heterocycles. The van der Waals surface area contributed by atoms with Crippen molar-refractivity contribution in [2.24, 2.45) is 0 Å². The summed E-state index contributed by atoms with van der Waals surface area (Å²) in [6.45, 7) is 0. The Morgan fingerprint density at radius 1 is 0.206 bits per heavy atom. The highest BCUT2D eigenvalue weighted by molar-refractivity contribution is 6.22. The quantitative estimate of drug-likeness (QED) is 0.156. The van der Waals surface area contributed by atoms with E-state index in [1.807, 2.05) is 0 Å². The van der Waals surface area contributed by atoms with Gasteiger partial charge in [0.05, 0.1) is 5.41 Å². The van der Waals surface area contributed by atoms with Crippen molar-refractivity contribution in [1.29, 1.82) is 0 Å². The van der Waals surface area contributed by atoms with Crippen molar-refractivity contribution in [3.05, 3.63) is 253 Å². The Balaban J connectivity index is 1.06. The Morgan fingerprint density at radius 2 is 0.667 bits per heavy atom. The maximum absolute atomic E-state index is 2.57. The molecule has 0 fully saturated rings. The van der Waals surface area contributed by atoms with E-state index in [1.54, 1.807) is 0 Å². The lowest BCUT2D eigenvalue weighted by Crippen LogP contribution is -2.26. The van der Waals surface area contributed by atoms with Gasteiger partial charge in [-0.1, -0.05) is 212 Å². The third kappa shape index (κ3) is 4.65. The van der Waals surface area contributed by atoms with E-state index in [9.17, 15) is 0 Å². The van der Waals surface area contributed by atoms with E-state index in [0.717, 1.165) is 0 Å². The Bertz CT molecular complexity index is 3820. The first-order chi connectivity index (χ1) is 31.3. The van der Waals surface area contributed by atoms with Crippen LogP contribution < -0.4 is 0 Å². The molecule has 0 saturated heterocycles. The summed E-state index contributed by atoms with van der Waals surface area (Å²) in [6.07, 6.45) is 0. The lowest BCUT2D eigenvalue weighted by Gasteiger charge is -2.31. The summed E-state index contributed by atoms with van der Waals surface area (Å²) in [5.41, 5.74) is 17.8. The maximum atomic E-state index is 2.57. The van der Waals surface area contributed by atoms with Crippen molar-refractivity contribution in [3.8, 4) is 55.6 Å². The topological polar surface area (TPSA) is 0 Å². The first kappa shape index (κ1) is 34.6. The monoisotopic (exact) mass is 794 g/mol. The van der Waals surface area contributed by atoms with Crippen LogP contribution in [0.3, 0.4) is 0 Å². The molecule has 12 aromatic carbocycles. The Hall–Kier alpha value is -8.06. The standard InChI is InChI=1S/C63H38/c1-2-18-41-36-44(33-32-39(41)16-1)60-52-28-9-7-26-50(52)59(51-27-8-10-29-53(51)60)43-20-15-19-42(37-43)54-38-58-62(49-25-6-5-22-46(49)54)61-45-21-4-3-17-40(45)34-35-57(61)63(58)55-30-13-11-23-47(55)48-24-12-14-31-56(48)63/h1-38H. The molecule has 0 saturated carbocycles. The summed E-state index contributed by atoms with van der Waals surface area (Å²) in [5, 5.41) is 12.7. The van der Waals surface area contributed by atoms with Crippen molar-refractivity contribution in [3.63, 3.8) is 0 Å². The number of benzene rings is 12. The Morgan fingerprint density at radius 3 is 1.32 bits per heavy atom. The van der Waals surface area contributed by atoms with E-state index < -0.39 is 5.41 Å². The lowest BCUT2D eigenvalue weighted by atomic mass is 9.70. The van der Waals surface area contributed by atoms with Crippen molar-refractivity contribution < 1.29 is 0 Å². The van der Waals surface area contributed by atoms with Crippen LogP contribution in [0.15, 0.2) is 231 Å². The van der Waals surface area contributed by atoms with Crippen molar-refractivity contribution in [2.45, 2.75) is 5.41 Å². The van der Waals surface area contributed by atoms with Crippen LogP contribution in [0.4, 0.5) is 0 Å². The third-order valence-electron chi connectivity index (χ3n) is 14.4. The van der Waals surface area contributed by atoms with Gasteiger partial charge in [-0.05, 0) is 150 Å². The third-order valence-corrected chi connectivity index (χ3v) is 14.4. The molecule has 0 heterocycles. The van der Waals surface area contributed by atoms with Gasteiger partial charge in [-0.15, -0.1) is 0 Å². The second kappa shape index (κ2) is 13.0.